The quantitative estimate of drug-likeness (QED) is 0.0552. The number of rotatable bonds is 14. The normalized spacial score (nSPS) is 24.9. The molecule has 0 aliphatic carbocycles. The van der Waals surface area contributed by atoms with Crippen LogP contribution in [0.4, 0.5) is 0 Å². The van der Waals surface area contributed by atoms with Gasteiger partial charge in [0.05, 0.1) is 76.9 Å². The Morgan fingerprint density at radius 1 is 0.487 bits per heavy atom. The maximum atomic E-state index is 13.0. The van der Waals surface area contributed by atoms with Crippen LogP contribution in [-0.4, -0.2) is 125 Å². The third-order valence-electron chi connectivity index (χ3n) is 11.9. The van der Waals surface area contributed by atoms with Gasteiger partial charge < -0.3 is 88.4 Å². The molecule has 78 heavy (non-hydrogen) atoms. The van der Waals surface area contributed by atoms with E-state index in [0.717, 1.165) is 0 Å². The Bertz CT molecular complexity index is 3340. The Labute approximate surface area is 537 Å². The number of ether oxygens (including phenoxy) is 4. The van der Waals surface area contributed by atoms with Crippen molar-refractivity contribution in [2.45, 2.75) is 61.4 Å². The summed E-state index contributed by atoms with van der Waals surface area (Å²) >= 11 is 38.7. The van der Waals surface area contributed by atoms with Gasteiger partial charge in [0.2, 0.25) is 12.6 Å². The molecule has 0 spiro atoms. The van der Waals surface area contributed by atoms with Gasteiger partial charge in [-0.1, -0.05) is 46.4 Å². The molecule has 0 amide bonds. The number of fused-ring (bicyclic) bond motifs is 4. The minimum atomic E-state index is -5.25. The number of phosphoric ester groups is 2. The van der Waals surface area contributed by atoms with E-state index in [1.54, 1.807) is 48.5 Å². The Morgan fingerprint density at radius 2 is 0.756 bits per heavy atom. The van der Waals surface area contributed by atoms with E-state index < -0.39 is 90.3 Å². The minimum Gasteiger partial charge on any atom is -0.746 e. The molecule has 2 saturated heterocycles. The second-order valence-electron chi connectivity index (χ2n) is 16.6. The maximum Gasteiger partial charge on any atom is 1.00 e. The van der Waals surface area contributed by atoms with Gasteiger partial charge in [-0.15, -0.1) is 0 Å². The number of aliphatic hydroxyl groups excluding tert-OH is 6. The number of phosphoric acid groups is 2. The van der Waals surface area contributed by atoms with E-state index in [4.69, 9.17) is 83.4 Å². The van der Waals surface area contributed by atoms with Gasteiger partial charge in [0, 0.05) is 42.7 Å². The van der Waals surface area contributed by atoms with Crippen LogP contribution in [0.3, 0.4) is 0 Å². The van der Waals surface area contributed by atoms with Crippen LogP contribution in [0.15, 0.2) is 91.2 Å². The number of nitrogens with one attached hydrogen (secondary N) is 4. The largest absolute Gasteiger partial charge is 1.00 e. The third kappa shape index (κ3) is 13.5. The Hall–Kier alpha value is -0.700. The smallest absolute Gasteiger partial charge is 0.746 e. The van der Waals surface area contributed by atoms with Crippen LogP contribution in [0.1, 0.15) is 0 Å². The van der Waals surface area contributed by atoms with E-state index in [9.17, 15) is 49.6 Å². The molecule has 2 unspecified atom stereocenters. The van der Waals surface area contributed by atoms with Gasteiger partial charge in [0.15, 0.2) is 23.7 Å². The van der Waals surface area contributed by atoms with E-state index >= 15 is 0 Å². The monoisotopic (exact) mass is 1470 g/mol. The molecule has 22 nitrogen and oxygen atoms in total. The van der Waals surface area contributed by atoms with E-state index in [0.29, 0.717) is 60.8 Å². The van der Waals surface area contributed by atoms with Crippen molar-refractivity contribution in [1.82, 2.24) is 19.9 Å². The average molecular weight is 1480 g/mol. The van der Waals surface area contributed by atoms with Crippen molar-refractivity contribution in [3.63, 3.8) is 0 Å². The molecular weight excluding hydrogens is 1440 g/mol. The summed E-state index contributed by atoms with van der Waals surface area (Å²) in [4.78, 5) is 37.6. The number of aliphatic hydroxyl groups is 6. The van der Waals surface area contributed by atoms with Crippen molar-refractivity contribution < 1.29 is 146 Å². The summed E-state index contributed by atoms with van der Waals surface area (Å²) in [6.07, 6.45) is -11.1. The third-order valence-corrected chi connectivity index (χ3v) is 18.8. The Balaban J connectivity index is 0.000000220. The summed E-state index contributed by atoms with van der Waals surface area (Å²) in [5, 5.41) is 64.0. The Kier molecular flexibility index (Phi) is 22.2. The first-order valence-corrected chi connectivity index (χ1v) is 29.4. The molecular formula is C44H36Br4Cl4N4Na2O18P2. The molecule has 10 N–H and O–H groups in total. The predicted molar refractivity (Wildman–Crippen MR) is 287 cm³/mol. The SMILES string of the molecule is O=P([O-])(Oc1c[nH]c2ccc(Br)c(Cl)c12)O[C@@H]1[C@@H](Oc2c[nH]c3ccc(Br)c(Cl)c23)O[C@H](CO)[C@@H](O)[C@@H]1O.O=P([O-])(Oc1c[nH]c2ccc(Br)c(Cl)c12)O[C@@H]1[C@@H](Oc2c[nH]c3ccc(Br)c(Cl)c23)O[C@H](CO)[C@@H](O)[C@@H]1O.[Na+].[Na+]. The molecule has 2 fully saturated rings. The summed E-state index contributed by atoms with van der Waals surface area (Å²) in [5.74, 6) is -0.0362. The van der Waals surface area contributed by atoms with Gasteiger partial charge in [-0.3, -0.25) is 18.2 Å². The van der Waals surface area contributed by atoms with E-state index in [1.165, 1.54) is 24.8 Å². The first-order chi connectivity index (χ1) is 36.0. The summed E-state index contributed by atoms with van der Waals surface area (Å²) in [6.45, 7) is -1.39. The second-order valence-corrected chi connectivity index (χ2v) is 24.1. The van der Waals surface area contributed by atoms with Gasteiger partial charge in [-0.2, -0.15) is 0 Å². The molecule has 0 radical (unpaired) electrons. The molecule has 2 aliphatic heterocycles. The van der Waals surface area contributed by atoms with E-state index in [-0.39, 0.29) is 103 Å². The summed E-state index contributed by atoms with van der Waals surface area (Å²) < 4.78 is 71.8. The Morgan fingerprint density at radius 3 is 1.04 bits per heavy atom. The van der Waals surface area contributed by atoms with Gasteiger partial charge in [-0.05, 0) is 112 Å². The predicted octanol–water partition coefficient (Wildman–Crippen LogP) is 2.47. The van der Waals surface area contributed by atoms with E-state index in [1.807, 2.05) is 0 Å². The fourth-order valence-electron chi connectivity index (χ4n) is 8.20. The molecule has 0 saturated carbocycles. The van der Waals surface area contributed by atoms with Crippen LogP contribution in [0.5, 0.6) is 23.0 Å². The number of benzene rings is 4. The molecule has 4 aromatic heterocycles. The molecule has 0 bridgehead atoms. The van der Waals surface area contributed by atoms with Crippen LogP contribution in [0.2, 0.25) is 20.1 Å². The van der Waals surface area contributed by atoms with Crippen molar-refractivity contribution in [3.8, 4) is 23.0 Å². The van der Waals surface area contributed by atoms with E-state index in [2.05, 4.69) is 83.7 Å². The maximum absolute atomic E-state index is 13.0. The number of halogens is 8. The van der Waals surface area contributed by atoms with Crippen LogP contribution in [0.25, 0.3) is 43.6 Å². The van der Waals surface area contributed by atoms with Crippen LogP contribution in [0, 0.1) is 0 Å². The zero-order valence-electron chi connectivity index (χ0n) is 39.6. The fraction of sp³-hybridized carbons (Fsp3) is 0.273. The van der Waals surface area contributed by atoms with Crippen molar-refractivity contribution in [1.29, 1.82) is 0 Å². The molecule has 2 aliphatic rings. The van der Waals surface area contributed by atoms with Crippen molar-refractivity contribution in [2.24, 2.45) is 0 Å². The molecule has 408 valence electrons. The number of aromatic amines is 4. The molecule has 12 atom stereocenters. The number of aromatic nitrogens is 4. The molecule has 8 aromatic rings. The van der Waals surface area contributed by atoms with Crippen molar-refractivity contribution in [3.05, 3.63) is 111 Å². The van der Waals surface area contributed by atoms with Gasteiger partial charge in [0.25, 0.3) is 0 Å². The number of H-pyrrole nitrogens is 4. The molecule has 34 heteroatoms. The van der Waals surface area contributed by atoms with Crippen molar-refractivity contribution >= 4 is 169 Å². The number of hydrogen-bond donors (Lipinski definition) is 10. The first-order valence-electron chi connectivity index (χ1n) is 21.8. The van der Waals surface area contributed by atoms with Crippen molar-refractivity contribution in [2.75, 3.05) is 13.2 Å². The standard InChI is InChI=1S/2C22H19Br2Cl2N2O9P.2Na/c2*23-8-1-3-10-15(17(8)25)12(5-27-10)34-22-21(20(31)19(30)14(7-29)35-22)37-38(32,33)36-13-6-28-11-4-2-9(24)18(26)16(11)13;;/h2*1-6,14,19-22,27-31H,7H2,(H,32,33);;/q;;2*+1/p-2/t2*14-,19-,20+,21+,22+;;/m11../s1. The topological polar surface area (TPSA) is 339 Å². The fourth-order valence-corrected chi connectivity index (χ4v) is 12.5. The molecule has 4 aromatic carbocycles. The average Bonchev–Trinajstić information content (AvgIpc) is 4.23. The second kappa shape index (κ2) is 26.7. The van der Waals surface area contributed by atoms with Crippen LogP contribution < -0.4 is 87.4 Å². The zero-order chi connectivity index (χ0) is 54.7. The summed E-state index contributed by atoms with van der Waals surface area (Å²) in [6, 6.07) is 13.6. The van der Waals surface area contributed by atoms with Crippen LogP contribution >= 0.6 is 126 Å². The molecule has 6 heterocycles. The van der Waals surface area contributed by atoms with Gasteiger partial charge >= 0.3 is 74.8 Å². The molecule has 10 rings (SSSR count). The summed E-state index contributed by atoms with van der Waals surface area (Å²) in [5.41, 5.74) is 2.19. The van der Waals surface area contributed by atoms with Gasteiger partial charge in [0.1, 0.15) is 48.1 Å². The zero-order valence-corrected chi connectivity index (χ0v) is 54.8. The number of hydrogen-bond acceptors (Lipinski definition) is 18. The van der Waals surface area contributed by atoms with Gasteiger partial charge in [-0.25, -0.2) is 0 Å². The minimum absolute atomic E-state index is 0. The van der Waals surface area contributed by atoms with Crippen LogP contribution in [-0.2, 0) is 27.7 Å². The summed E-state index contributed by atoms with van der Waals surface area (Å²) in [7, 11) is -10.5. The first kappa shape index (κ1) is 64.9.